The molecule has 2 aromatic rings. The van der Waals surface area contributed by atoms with Crippen LogP contribution >= 0.6 is 0 Å². The Kier molecular flexibility index (Phi) is 3.18. The first-order valence-electron chi connectivity index (χ1n) is 5.88. The van der Waals surface area contributed by atoms with Crippen molar-refractivity contribution < 1.29 is 0 Å². The molecule has 1 aromatic carbocycles. The molecule has 0 bridgehead atoms. The minimum atomic E-state index is 0.205. The van der Waals surface area contributed by atoms with Crippen molar-refractivity contribution in [3.05, 3.63) is 47.5 Å². The maximum atomic E-state index is 4.36. The molecule has 0 radical (unpaired) electrons. The van der Waals surface area contributed by atoms with E-state index in [1.165, 1.54) is 11.1 Å². The average Bonchev–Trinajstić information content (AvgIpc) is 2.62. The van der Waals surface area contributed by atoms with Gasteiger partial charge in [-0.25, -0.2) is 4.98 Å². The number of benzene rings is 1. The number of imidazole rings is 1. The standard InChI is InChI=1S/C14H19N3/c1-10-7-11(2)9-13(8-10)16-12(3)14-15-5-6-17(14)4/h5-9,12,16H,1-4H3. The summed E-state index contributed by atoms with van der Waals surface area (Å²) in [6.07, 6.45) is 3.80. The quantitative estimate of drug-likeness (QED) is 0.875. The Hall–Kier alpha value is -1.77. The lowest BCUT2D eigenvalue weighted by atomic mass is 10.1. The van der Waals surface area contributed by atoms with Crippen LogP contribution < -0.4 is 5.32 Å². The molecule has 0 aliphatic rings. The van der Waals surface area contributed by atoms with E-state index in [0.29, 0.717) is 0 Å². The molecule has 0 aliphatic heterocycles. The first-order valence-corrected chi connectivity index (χ1v) is 5.88. The molecular formula is C14H19N3. The average molecular weight is 229 g/mol. The summed E-state index contributed by atoms with van der Waals surface area (Å²) in [6.45, 7) is 6.35. The lowest BCUT2D eigenvalue weighted by molar-refractivity contribution is 0.721. The van der Waals surface area contributed by atoms with Gasteiger partial charge in [0.25, 0.3) is 0 Å². The fourth-order valence-electron chi connectivity index (χ4n) is 2.17. The molecule has 0 amide bonds. The summed E-state index contributed by atoms with van der Waals surface area (Å²) in [5.74, 6) is 1.05. The van der Waals surface area contributed by atoms with E-state index in [1.54, 1.807) is 0 Å². The van der Waals surface area contributed by atoms with Crippen molar-refractivity contribution in [2.24, 2.45) is 7.05 Å². The predicted molar refractivity (Wildman–Crippen MR) is 71.2 cm³/mol. The highest BCUT2D eigenvalue weighted by Gasteiger charge is 2.09. The van der Waals surface area contributed by atoms with Gasteiger partial charge in [-0.05, 0) is 44.0 Å². The van der Waals surface area contributed by atoms with Crippen molar-refractivity contribution >= 4 is 5.69 Å². The summed E-state index contributed by atoms with van der Waals surface area (Å²) in [7, 11) is 2.02. The van der Waals surface area contributed by atoms with Crippen molar-refractivity contribution in [3.63, 3.8) is 0 Å². The molecule has 0 aliphatic carbocycles. The monoisotopic (exact) mass is 229 g/mol. The minimum absolute atomic E-state index is 0.205. The van der Waals surface area contributed by atoms with Crippen LogP contribution in [-0.4, -0.2) is 9.55 Å². The smallest absolute Gasteiger partial charge is 0.130 e. The number of hydrogen-bond donors (Lipinski definition) is 1. The number of anilines is 1. The van der Waals surface area contributed by atoms with Gasteiger partial charge in [-0.2, -0.15) is 0 Å². The number of nitrogens with zero attached hydrogens (tertiary/aromatic N) is 2. The Bertz CT molecular complexity index is 494. The van der Waals surface area contributed by atoms with Crippen LogP contribution in [0.4, 0.5) is 5.69 Å². The molecule has 1 aromatic heterocycles. The van der Waals surface area contributed by atoms with Crippen LogP contribution in [0.2, 0.25) is 0 Å². The van der Waals surface area contributed by atoms with E-state index < -0.39 is 0 Å². The SMILES string of the molecule is Cc1cc(C)cc(NC(C)c2nccn2C)c1. The number of hydrogen-bond acceptors (Lipinski definition) is 2. The number of aryl methyl sites for hydroxylation is 3. The minimum Gasteiger partial charge on any atom is -0.375 e. The van der Waals surface area contributed by atoms with E-state index in [4.69, 9.17) is 0 Å². The Morgan fingerprint density at radius 3 is 2.35 bits per heavy atom. The van der Waals surface area contributed by atoms with Crippen LogP contribution in [0.3, 0.4) is 0 Å². The van der Waals surface area contributed by atoms with Crippen molar-refractivity contribution in [3.8, 4) is 0 Å². The second kappa shape index (κ2) is 4.62. The van der Waals surface area contributed by atoms with E-state index in [0.717, 1.165) is 11.5 Å². The normalized spacial score (nSPS) is 12.5. The van der Waals surface area contributed by atoms with Crippen molar-refractivity contribution in [1.82, 2.24) is 9.55 Å². The van der Waals surface area contributed by atoms with E-state index in [2.05, 4.69) is 49.3 Å². The first-order chi connectivity index (χ1) is 8.06. The third kappa shape index (κ3) is 2.67. The summed E-state index contributed by atoms with van der Waals surface area (Å²) in [6, 6.07) is 6.70. The van der Waals surface area contributed by atoms with Crippen molar-refractivity contribution in [2.45, 2.75) is 26.8 Å². The summed E-state index contributed by atoms with van der Waals surface area (Å²) >= 11 is 0. The van der Waals surface area contributed by atoms with Gasteiger partial charge in [0.2, 0.25) is 0 Å². The Morgan fingerprint density at radius 1 is 1.18 bits per heavy atom. The van der Waals surface area contributed by atoms with Gasteiger partial charge in [-0.15, -0.1) is 0 Å². The zero-order chi connectivity index (χ0) is 12.4. The van der Waals surface area contributed by atoms with Crippen LogP contribution in [0.15, 0.2) is 30.6 Å². The first kappa shape index (κ1) is 11.7. The molecule has 3 nitrogen and oxygen atoms in total. The van der Waals surface area contributed by atoms with Gasteiger partial charge in [0.1, 0.15) is 5.82 Å². The number of aromatic nitrogens is 2. The fraction of sp³-hybridized carbons (Fsp3) is 0.357. The van der Waals surface area contributed by atoms with Gasteiger partial charge in [-0.1, -0.05) is 6.07 Å². The summed E-state index contributed by atoms with van der Waals surface area (Å²) in [5.41, 5.74) is 3.71. The lowest BCUT2D eigenvalue weighted by Crippen LogP contribution is -2.12. The lowest BCUT2D eigenvalue weighted by Gasteiger charge is -2.16. The molecule has 1 unspecified atom stereocenters. The highest BCUT2D eigenvalue weighted by atomic mass is 15.1. The van der Waals surface area contributed by atoms with Gasteiger partial charge in [0.15, 0.2) is 0 Å². The van der Waals surface area contributed by atoms with Crippen LogP contribution in [0.1, 0.15) is 29.9 Å². The molecule has 1 N–H and O–H groups in total. The van der Waals surface area contributed by atoms with Crippen LogP contribution in [0.25, 0.3) is 0 Å². The van der Waals surface area contributed by atoms with E-state index in [1.807, 2.05) is 24.0 Å². The molecular weight excluding hydrogens is 210 g/mol. The zero-order valence-electron chi connectivity index (χ0n) is 10.9. The Morgan fingerprint density at radius 2 is 1.82 bits per heavy atom. The van der Waals surface area contributed by atoms with Gasteiger partial charge >= 0.3 is 0 Å². The van der Waals surface area contributed by atoms with E-state index >= 15 is 0 Å². The highest BCUT2D eigenvalue weighted by molar-refractivity contribution is 5.49. The largest absolute Gasteiger partial charge is 0.375 e. The molecule has 0 fully saturated rings. The van der Waals surface area contributed by atoms with E-state index in [9.17, 15) is 0 Å². The van der Waals surface area contributed by atoms with Crippen LogP contribution in [-0.2, 0) is 7.05 Å². The third-order valence-electron chi connectivity index (χ3n) is 2.85. The Labute approximate surface area is 103 Å². The van der Waals surface area contributed by atoms with E-state index in [-0.39, 0.29) is 6.04 Å². The summed E-state index contributed by atoms with van der Waals surface area (Å²) in [5, 5.41) is 3.48. The molecule has 2 rings (SSSR count). The van der Waals surface area contributed by atoms with Crippen LogP contribution in [0, 0.1) is 13.8 Å². The molecule has 3 heteroatoms. The molecule has 0 spiro atoms. The second-order valence-electron chi connectivity index (χ2n) is 4.64. The molecule has 0 saturated carbocycles. The molecule has 17 heavy (non-hydrogen) atoms. The van der Waals surface area contributed by atoms with Gasteiger partial charge in [-0.3, -0.25) is 0 Å². The molecule has 0 saturated heterocycles. The summed E-state index contributed by atoms with van der Waals surface area (Å²) < 4.78 is 2.04. The molecule has 1 heterocycles. The Balaban J connectivity index is 2.18. The maximum Gasteiger partial charge on any atom is 0.130 e. The van der Waals surface area contributed by atoms with Crippen molar-refractivity contribution in [2.75, 3.05) is 5.32 Å². The van der Waals surface area contributed by atoms with Gasteiger partial charge in [0, 0.05) is 25.1 Å². The third-order valence-corrected chi connectivity index (χ3v) is 2.85. The topological polar surface area (TPSA) is 29.9 Å². The highest BCUT2D eigenvalue weighted by Crippen LogP contribution is 2.20. The van der Waals surface area contributed by atoms with Crippen LogP contribution in [0.5, 0.6) is 0 Å². The van der Waals surface area contributed by atoms with Gasteiger partial charge in [0.05, 0.1) is 6.04 Å². The number of nitrogens with one attached hydrogen (secondary N) is 1. The second-order valence-corrected chi connectivity index (χ2v) is 4.64. The molecule has 1 atom stereocenters. The van der Waals surface area contributed by atoms with Gasteiger partial charge < -0.3 is 9.88 Å². The zero-order valence-corrected chi connectivity index (χ0v) is 10.9. The number of rotatable bonds is 3. The summed E-state index contributed by atoms with van der Waals surface area (Å²) in [4.78, 5) is 4.36. The predicted octanol–water partition coefficient (Wildman–Crippen LogP) is 3.21. The fourth-order valence-corrected chi connectivity index (χ4v) is 2.17. The van der Waals surface area contributed by atoms with Crippen molar-refractivity contribution in [1.29, 1.82) is 0 Å². The molecule has 90 valence electrons. The maximum absolute atomic E-state index is 4.36.